The van der Waals surface area contributed by atoms with Crippen LogP contribution in [0.4, 0.5) is 11.4 Å². The summed E-state index contributed by atoms with van der Waals surface area (Å²) in [5.41, 5.74) is 8.34. The third kappa shape index (κ3) is 2.79. The Balaban J connectivity index is 2.24. The lowest BCUT2D eigenvalue weighted by molar-refractivity contribution is 0.410. The van der Waals surface area contributed by atoms with E-state index in [9.17, 15) is 0 Å². The van der Waals surface area contributed by atoms with E-state index in [2.05, 4.69) is 11.4 Å². The molecule has 102 valence electrons. The zero-order valence-corrected chi connectivity index (χ0v) is 11.7. The number of hydrogen-bond acceptors (Lipinski definition) is 4. The zero-order valence-electron chi connectivity index (χ0n) is 11.0. The van der Waals surface area contributed by atoms with Crippen LogP contribution in [0.25, 0.3) is 0 Å². The molecule has 0 unspecified atom stereocenters. The Bertz CT molecular complexity index is 665. The molecule has 5 heteroatoms. The van der Waals surface area contributed by atoms with Crippen LogP contribution >= 0.6 is 11.6 Å². The van der Waals surface area contributed by atoms with E-state index >= 15 is 0 Å². The zero-order chi connectivity index (χ0) is 14.5. The molecule has 0 aliphatic carbocycles. The molecule has 2 aromatic rings. The highest BCUT2D eigenvalue weighted by molar-refractivity contribution is 6.31. The first-order chi connectivity index (χ1) is 9.67. The van der Waals surface area contributed by atoms with Crippen LogP contribution in [-0.2, 0) is 6.54 Å². The van der Waals surface area contributed by atoms with Crippen LogP contribution in [0.1, 0.15) is 11.1 Å². The molecule has 2 rings (SSSR count). The minimum Gasteiger partial charge on any atom is -0.496 e. The van der Waals surface area contributed by atoms with Crippen molar-refractivity contribution in [1.29, 1.82) is 5.26 Å². The normalized spacial score (nSPS) is 9.85. The smallest absolute Gasteiger partial charge is 0.125 e. The third-order valence-electron chi connectivity index (χ3n) is 2.98. The molecule has 0 bridgehead atoms. The molecule has 0 amide bonds. The van der Waals surface area contributed by atoms with Gasteiger partial charge in [-0.15, -0.1) is 0 Å². The van der Waals surface area contributed by atoms with E-state index in [1.54, 1.807) is 25.3 Å². The number of nitriles is 1. The number of rotatable bonds is 4. The number of nitrogens with one attached hydrogen (secondary N) is 1. The number of hydrogen-bond donors (Lipinski definition) is 2. The van der Waals surface area contributed by atoms with Gasteiger partial charge >= 0.3 is 0 Å². The van der Waals surface area contributed by atoms with Gasteiger partial charge in [0.15, 0.2) is 0 Å². The van der Waals surface area contributed by atoms with Gasteiger partial charge in [0.25, 0.3) is 0 Å². The number of anilines is 2. The lowest BCUT2D eigenvalue weighted by atomic mass is 10.1. The largest absolute Gasteiger partial charge is 0.496 e. The molecule has 0 fully saturated rings. The minimum atomic E-state index is 0.432. The summed E-state index contributed by atoms with van der Waals surface area (Å²) in [6.07, 6.45) is 0. The first-order valence-corrected chi connectivity index (χ1v) is 6.39. The van der Waals surface area contributed by atoms with Gasteiger partial charge in [0.2, 0.25) is 0 Å². The van der Waals surface area contributed by atoms with E-state index in [4.69, 9.17) is 27.3 Å². The summed E-state index contributed by atoms with van der Waals surface area (Å²) in [5, 5.41) is 12.8. The fourth-order valence-corrected chi connectivity index (χ4v) is 2.13. The Morgan fingerprint density at radius 2 is 2.05 bits per heavy atom. The Morgan fingerprint density at radius 3 is 2.75 bits per heavy atom. The van der Waals surface area contributed by atoms with Crippen molar-refractivity contribution >= 4 is 23.0 Å². The van der Waals surface area contributed by atoms with Crippen LogP contribution in [0.5, 0.6) is 5.75 Å². The molecular formula is C15H14ClN3O. The van der Waals surface area contributed by atoms with Gasteiger partial charge in [-0.2, -0.15) is 5.26 Å². The summed E-state index contributed by atoms with van der Waals surface area (Å²) in [6.45, 7) is 0.460. The average molecular weight is 288 g/mol. The molecule has 0 aliphatic rings. The molecule has 4 nitrogen and oxygen atoms in total. The van der Waals surface area contributed by atoms with Gasteiger partial charge in [-0.3, -0.25) is 0 Å². The number of benzene rings is 2. The SMILES string of the molecule is COc1cccc(Cl)c1CNc1cccc(C#N)c1N. The van der Waals surface area contributed by atoms with Gasteiger partial charge in [-0.05, 0) is 24.3 Å². The Morgan fingerprint density at radius 1 is 1.30 bits per heavy atom. The maximum absolute atomic E-state index is 8.96. The van der Waals surface area contributed by atoms with E-state index in [-0.39, 0.29) is 0 Å². The van der Waals surface area contributed by atoms with Crippen LogP contribution < -0.4 is 15.8 Å². The maximum atomic E-state index is 8.96. The second-order valence-electron chi connectivity index (χ2n) is 4.15. The molecule has 0 aliphatic heterocycles. The molecular weight excluding hydrogens is 274 g/mol. The van der Waals surface area contributed by atoms with Crippen LogP contribution in [0.2, 0.25) is 5.02 Å². The van der Waals surface area contributed by atoms with Gasteiger partial charge in [0.05, 0.1) is 24.0 Å². The molecule has 2 aromatic carbocycles. The van der Waals surface area contributed by atoms with Crippen molar-refractivity contribution in [3.8, 4) is 11.8 Å². The van der Waals surface area contributed by atoms with Crippen molar-refractivity contribution in [2.24, 2.45) is 0 Å². The molecule has 0 saturated carbocycles. The van der Waals surface area contributed by atoms with Crippen LogP contribution in [0, 0.1) is 11.3 Å². The van der Waals surface area contributed by atoms with Crippen molar-refractivity contribution in [3.05, 3.63) is 52.5 Å². The number of nitrogens with two attached hydrogens (primary N) is 1. The molecule has 0 saturated heterocycles. The Labute approximate surface area is 122 Å². The highest BCUT2D eigenvalue weighted by atomic mass is 35.5. The van der Waals surface area contributed by atoms with Crippen molar-refractivity contribution in [3.63, 3.8) is 0 Å². The topological polar surface area (TPSA) is 71.1 Å². The van der Waals surface area contributed by atoms with Crippen LogP contribution in [-0.4, -0.2) is 7.11 Å². The van der Waals surface area contributed by atoms with Gasteiger partial charge in [-0.1, -0.05) is 23.7 Å². The highest BCUT2D eigenvalue weighted by Gasteiger charge is 2.09. The fourth-order valence-electron chi connectivity index (χ4n) is 1.90. The molecule has 0 aromatic heterocycles. The highest BCUT2D eigenvalue weighted by Crippen LogP contribution is 2.28. The third-order valence-corrected chi connectivity index (χ3v) is 3.33. The van der Waals surface area contributed by atoms with Crippen LogP contribution in [0.3, 0.4) is 0 Å². The molecule has 0 radical (unpaired) electrons. The minimum absolute atomic E-state index is 0.432. The number of nitrogen functional groups attached to an aromatic ring is 1. The van der Waals surface area contributed by atoms with Gasteiger partial charge in [0.1, 0.15) is 11.8 Å². The van der Waals surface area contributed by atoms with Gasteiger partial charge < -0.3 is 15.8 Å². The summed E-state index contributed by atoms with van der Waals surface area (Å²) < 4.78 is 5.28. The monoisotopic (exact) mass is 287 g/mol. The van der Waals surface area contributed by atoms with E-state index in [1.807, 2.05) is 18.2 Å². The second kappa shape index (κ2) is 6.18. The standard InChI is InChI=1S/C15H14ClN3O/c1-20-14-7-3-5-12(16)11(14)9-19-13-6-2-4-10(8-17)15(13)18/h2-7,19H,9,18H2,1H3. The molecule has 0 heterocycles. The number of halogens is 1. The lowest BCUT2D eigenvalue weighted by Crippen LogP contribution is -2.05. The van der Waals surface area contributed by atoms with Crippen molar-refractivity contribution in [1.82, 2.24) is 0 Å². The average Bonchev–Trinajstić information content (AvgIpc) is 2.47. The molecule has 3 N–H and O–H groups in total. The van der Waals surface area contributed by atoms with Crippen LogP contribution in [0.15, 0.2) is 36.4 Å². The van der Waals surface area contributed by atoms with Crippen molar-refractivity contribution in [2.75, 3.05) is 18.2 Å². The summed E-state index contributed by atoms with van der Waals surface area (Å²) in [4.78, 5) is 0. The molecule has 0 atom stereocenters. The molecule has 20 heavy (non-hydrogen) atoms. The first kappa shape index (κ1) is 14.0. The van der Waals surface area contributed by atoms with Crippen molar-refractivity contribution in [2.45, 2.75) is 6.54 Å². The van der Waals surface area contributed by atoms with Gasteiger partial charge in [-0.25, -0.2) is 0 Å². The predicted molar refractivity (Wildman–Crippen MR) is 80.9 cm³/mol. The van der Waals surface area contributed by atoms with E-state index < -0.39 is 0 Å². The number of methoxy groups -OCH3 is 1. The van der Waals surface area contributed by atoms with E-state index in [1.165, 1.54) is 0 Å². The number of para-hydroxylation sites is 1. The Kier molecular flexibility index (Phi) is 4.34. The van der Waals surface area contributed by atoms with Crippen molar-refractivity contribution < 1.29 is 4.74 Å². The second-order valence-corrected chi connectivity index (χ2v) is 4.56. The Hall–Kier alpha value is -2.38. The quantitative estimate of drug-likeness (QED) is 0.845. The number of ether oxygens (including phenoxy) is 1. The molecule has 0 spiro atoms. The lowest BCUT2D eigenvalue weighted by Gasteiger charge is -2.14. The maximum Gasteiger partial charge on any atom is 0.125 e. The number of nitrogens with zero attached hydrogens (tertiary/aromatic N) is 1. The van der Waals surface area contributed by atoms with E-state index in [0.29, 0.717) is 34.3 Å². The first-order valence-electron chi connectivity index (χ1n) is 6.01. The summed E-state index contributed by atoms with van der Waals surface area (Å²) in [7, 11) is 1.60. The summed E-state index contributed by atoms with van der Waals surface area (Å²) in [5.74, 6) is 0.708. The van der Waals surface area contributed by atoms with E-state index in [0.717, 1.165) is 5.56 Å². The summed E-state index contributed by atoms with van der Waals surface area (Å²) in [6, 6.07) is 12.8. The predicted octanol–water partition coefficient (Wildman–Crippen LogP) is 3.41. The summed E-state index contributed by atoms with van der Waals surface area (Å²) >= 11 is 6.17. The fraction of sp³-hybridized carbons (Fsp3) is 0.133. The van der Waals surface area contributed by atoms with Gasteiger partial charge in [0, 0.05) is 17.1 Å².